The van der Waals surface area contributed by atoms with Gasteiger partial charge in [0.05, 0.1) is 0 Å². The van der Waals surface area contributed by atoms with Crippen LogP contribution in [0, 0.1) is 17.8 Å². The lowest BCUT2D eigenvalue weighted by molar-refractivity contribution is -0.0571. The third-order valence-corrected chi connectivity index (χ3v) is 3.52. The van der Waals surface area contributed by atoms with Crippen molar-refractivity contribution in [2.45, 2.75) is 25.7 Å². The minimum absolute atomic E-state index is 0.834. The first-order chi connectivity index (χ1) is 5.92. The Kier molecular flexibility index (Phi) is 2.66. The second kappa shape index (κ2) is 3.75. The number of hydrogen-bond acceptors (Lipinski definition) is 2. The minimum Gasteiger partial charge on any atom is -0.381 e. The van der Waals surface area contributed by atoms with E-state index >= 15 is 0 Å². The Morgan fingerprint density at radius 3 is 2.42 bits per heavy atom. The molecule has 1 heterocycles. The Labute approximate surface area is 74.5 Å². The molecule has 2 aliphatic rings. The maximum absolute atomic E-state index is 5.62. The van der Waals surface area contributed by atoms with Crippen LogP contribution in [0.25, 0.3) is 0 Å². The van der Waals surface area contributed by atoms with Crippen molar-refractivity contribution in [3.63, 3.8) is 0 Å². The highest BCUT2D eigenvalue weighted by Gasteiger charge is 2.35. The van der Waals surface area contributed by atoms with Gasteiger partial charge in [0, 0.05) is 13.2 Å². The average Bonchev–Trinajstić information content (AvgIpc) is 2.04. The number of hydrogen-bond donors (Lipinski definition) is 1. The molecule has 2 rings (SSSR count). The van der Waals surface area contributed by atoms with Crippen molar-refractivity contribution in [3.05, 3.63) is 0 Å². The van der Waals surface area contributed by atoms with E-state index in [9.17, 15) is 0 Å². The molecular formula is C10H19NO. The van der Waals surface area contributed by atoms with E-state index in [4.69, 9.17) is 10.5 Å². The average molecular weight is 169 g/mol. The van der Waals surface area contributed by atoms with E-state index in [-0.39, 0.29) is 0 Å². The first kappa shape index (κ1) is 8.52. The van der Waals surface area contributed by atoms with Gasteiger partial charge in [0.15, 0.2) is 0 Å². The fraction of sp³-hybridized carbons (Fsp3) is 1.00. The highest BCUT2D eigenvalue weighted by molar-refractivity contribution is 4.85. The number of rotatable bonds is 2. The molecule has 12 heavy (non-hydrogen) atoms. The summed E-state index contributed by atoms with van der Waals surface area (Å²) in [6.45, 7) is 2.86. The Hall–Kier alpha value is -0.0800. The Morgan fingerprint density at radius 2 is 1.83 bits per heavy atom. The Balaban J connectivity index is 1.98. The quantitative estimate of drug-likeness (QED) is 0.678. The maximum atomic E-state index is 5.62. The molecule has 0 aromatic heterocycles. The molecule has 2 N–H and O–H groups in total. The van der Waals surface area contributed by atoms with Gasteiger partial charge in [0.2, 0.25) is 0 Å². The van der Waals surface area contributed by atoms with E-state index < -0.39 is 0 Å². The molecule has 0 radical (unpaired) electrons. The van der Waals surface area contributed by atoms with E-state index in [1.54, 1.807) is 0 Å². The Bertz CT molecular complexity index is 127. The van der Waals surface area contributed by atoms with Crippen LogP contribution in [0.5, 0.6) is 0 Å². The van der Waals surface area contributed by atoms with Gasteiger partial charge in [-0.2, -0.15) is 0 Å². The lowest BCUT2D eigenvalue weighted by Gasteiger charge is -2.42. The van der Waals surface area contributed by atoms with Gasteiger partial charge < -0.3 is 10.5 Å². The minimum atomic E-state index is 0.834. The summed E-state index contributed by atoms with van der Waals surface area (Å²) in [5.41, 5.74) is 5.62. The zero-order valence-corrected chi connectivity index (χ0v) is 7.67. The highest BCUT2D eigenvalue weighted by atomic mass is 16.5. The fourth-order valence-electron chi connectivity index (χ4n) is 2.90. The smallest absolute Gasteiger partial charge is 0.0497 e. The SMILES string of the molecule is NCCC1C2CCCC1COC2. The summed E-state index contributed by atoms with van der Waals surface area (Å²) in [7, 11) is 0. The van der Waals surface area contributed by atoms with E-state index in [1.165, 1.54) is 25.7 Å². The van der Waals surface area contributed by atoms with Crippen molar-refractivity contribution in [2.24, 2.45) is 23.5 Å². The van der Waals surface area contributed by atoms with Crippen molar-refractivity contribution in [2.75, 3.05) is 19.8 Å². The van der Waals surface area contributed by atoms with Crippen LogP contribution in [0.1, 0.15) is 25.7 Å². The first-order valence-electron chi connectivity index (χ1n) is 5.19. The zero-order valence-electron chi connectivity index (χ0n) is 7.67. The molecule has 1 aliphatic carbocycles. The summed E-state index contributed by atoms with van der Waals surface area (Å²) in [4.78, 5) is 0. The molecule has 1 aliphatic heterocycles. The van der Waals surface area contributed by atoms with Crippen LogP contribution in [0.4, 0.5) is 0 Å². The molecule has 0 aromatic carbocycles. The third kappa shape index (κ3) is 1.50. The van der Waals surface area contributed by atoms with Crippen molar-refractivity contribution >= 4 is 0 Å². The maximum Gasteiger partial charge on any atom is 0.0497 e. The molecule has 2 fully saturated rings. The zero-order chi connectivity index (χ0) is 8.39. The number of nitrogens with two attached hydrogens (primary N) is 1. The molecule has 2 unspecified atom stereocenters. The van der Waals surface area contributed by atoms with Crippen LogP contribution in [-0.4, -0.2) is 19.8 Å². The van der Waals surface area contributed by atoms with Gasteiger partial charge in [-0.3, -0.25) is 0 Å². The molecule has 0 spiro atoms. The molecule has 2 atom stereocenters. The summed E-state index contributed by atoms with van der Waals surface area (Å²) in [6.07, 6.45) is 5.39. The van der Waals surface area contributed by atoms with Gasteiger partial charge in [-0.15, -0.1) is 0 Å². The van der Waals surface area contributed by atoms with Gasteiger partial charge in [0.25, 0.3) is 0 Å². The summed E-state index contributed by atoms with van der Waals surface area (Å²) >= 11 is 0. The van der Waals surface area contributed by atoms with Crippen molar-refractivity contribution in [3.8, 4) is 0 Å². The topological polar surface area (TPSA) is 35.2 Å². The molecule has 1 saturated carbocycles. The first-order valence-corrected chi connectivity index (χ1v) is 5.19. The molecule has 2 nitrogen and oxygen atoms in total. The van der Waals surface area contributed by atoms with Crippen LogP contribution >= 0.6 is 0 Å². The molecule has 1 saturated heterocycles. The van der Waals surface area contributed by atoms with E-state index in [0.29, 0.717) is 0 Å². The predicted molar refractivity (Wildman–Crippen MR) is 48.8 cm³/mol. The van der Waals surface area contributed by atoms with Crippen LogP contribution in [0.15, 0.2) is 0 Å². The Morgan fingerprint density at radius 1 is 1.17 bits per heavy atom. The van der Waals surface area contributed by atoms with E-state index in [1.807, 2.05) is 0 Å². The van der Waals surface area contributed by atoms with E-state index in [2.05, 4.69) is 0 Å². The number of ether oxygens (including phenoxy) is 1. The second-order valence-electron chi connectivity index (χ2n) is 4.23. The monoisotopic (exact) mass is 169 g/mol. The van der Waals surface area contributed by atoms with Crippen LogP contribution in [-0.2, 0) is 4.74 Å². The highest BCUT2D eigenvalue weighted by Crippen LogP contribution is 2.40. The lowest BCUT2D eigenvalue weighted by Crippen LogP contribution is -2.39. The van der Waals surface area contributed by atoms with Crippen molar-refractivity contribution in [1.82, 2.24) is 0 Å². The molecular weight excluding hydrogens is 150 g/mol. The van der Waals surface area contributed by atoms with Gasteiger partial charge >= 0.3 is 0 Å². The van der Waals surface area contributed by atoms with Crippen molar-refractivity contribution < 1.29 is 4.74 Å². The van der Waals surface area contributed by atoms with Crippen LogP contribution in [0.3, 0.4) is 0 Å². The molecule has 0 amide bonds. The van der Waals surface area contributed by atoms with Gasteiger partial charge in [-0.1, -0.05) is 6.42 Å². The number of fused-ring (bicyclic) bond motifs is 2. The van der Waals surface area contributed by atoms with Gasteiger partial charge in [0.1, 0.15) is 0 Å². The summed E-state index contributed by atoms with van der Waals surface area (Å²) < 4.78 is 5.57. The lowest BCUT2D eigenvalue weighted by atomic mass is 9.70. The molecule has 70 valence electrons. The van der Waals surface area contributed by atoms with E-state index in [0.717, 1.165) is 37.5 Å². The summed E-state index contributed by atoms with van der Waals surface area (Å²) in [5.74, 6) is 2.56. The second-order valence-corrected chi connectivity index (χ2v) is 4.23. The standard InChI is InChI=1S/C10H19NO/c11-5-4-10-8-2-1-3-9(10)7-12-6-8/h8-10H,1-7,11H2. The third-order valence-electron chi connectivity index (χ3n) is 3.52. The van der Waals surface area contributed by atoms with Crippen molar-refractivity contribution in [1.29, 1.82) is 0 Å². The molecule has 0 aromatic rings. The summed E-state index contributed by atoms with van der Waals surface area (Å²) in [6, 6.07) is 0. The predicted octanol–water partition coefficient (Wildman–Crippen LogP) is 1.40. The fourth-order valence-corrected chi connectivity index (χ4v) is 2.90. The largest absolute Gasteiger partial charge is 0.381 e. The van der Waals surface area contributed by atoms with Gasteiger partial charge in [-0.05, 0) is 43.6 Å². The van der Waals surface area contributed by atoms with Gasteiger partial charge in [-0.25, -0.2) is 0 Å². The molecule has 2 bridgehead atoms. The summed E-state index contributed by atoms with van der Waals surface area (Å²) in [5, 5.41) is 0. The van der Waals surface area contributed by atoms with Crippen LogP contribution < -0.4 is 5.73 Å². The normalized spacial score (nSPS) is 41.2. The van der Waals surface area contributed by atoms with Crippen LogP contribution in [0.2, 0.25) is 0 Å². The molecule has 2 heteroatoms.